The summed E-state index contributed by atoms with van der Waals surface area (Å²) >= 11 is 1.74. The second-order valence-electron chi connectivity index (χ2n) is 5.91. The van der Waals surface area contributed by atoms with E-state index in [-0.39, 0.29) is 0 Å². The molecule has 0 aromatic carbocycles. The van der Waals surface area contributed by atoms with E-state index < -0.39 is 0 Å². The molecular weight excluding hydrogens is 280 g/mol. The van der Waals surface area contributed by atoms with Gasteiger partial charge in [0.1, 0.15) is 5.82 Å². The van der Waals surface area contributed by atoms with Crippen LogP contribution in [0.5, 0.6) is 0 Å². The summed E-state index contributed by atoms with van der Waals surface area (Å²) in [6, 6.07) is 2.80. The molecule has 0 amide bonds. The van der Waals surface area contributed by atoms with E-state index in [0.717, 1.165) is 23.8 Å². The highest BCUT2D eigenvalue weighted by Crippen LogP contribution is 2.34. The molecule has 0 spiro atoms. The van der Waals surface area contributed by atoms with Crippen molar-refractivity contribution in [1.29, 1.82) is 0 Å². The lowest BCUT2D eigenvalue weighted by molar-refractivity contribution is 0.731. The van der Waals surface area contributed by atoms with Gasteiger partial charge in [-0.05, 0) is 35.2 Å². The minimum atomic E-state index is 0.329. The molecule has 21 heavy (non-hydrogen) atoms. The standard InChI is InChI=1S/C16H22N4S/c1-11(2)16-18-8-15(14(7-17)19-16)20(13-3-4-13)9-12-5-6-21-10-12/h5-6,8,10-11,13H,3-4,7,9,17H2,1-2H3. The van der Waals surface area contributed by atoms with Crippen LogP contribution in [0.3, 0.4) is 0 Å². The predicted octanol–water partition coefficient (Wildman–Crippen LogP) is 3.29. The van der Waals surface area contributed by atoms with Crippen LogP contribution in [0.1, 0.15) is 49.7 Å². The summed E-state index contributed by atoms with van der Waals surface area (Å²) in [6.45, 7) is 5.61. The van der Waals surface area contributed by atoms with Gasteiger partial charge in [0.2, 0.25) is 0 Å². The Morgan fingerprint density at radius 3 is 2.81 bits per heavy atom. The minimum Gasteiger partial charge on any atom is -0.361 e. The molecule has 5 heteroatoms. The Kier molecular flexibility index (Phi) is 4.22. The average Bonchev–Trinajstić information content (AvgIpc) is 3.21. The number of rotatable bonds is 6. The fraction of sp³-hybridized carbons (Fsp3) is 0.500. The summed E-state index contributed by atoms with van der Waals surface area (Å²) in [7, 11) is 0. The molecule has 2 heterocycles. The predicted molar refractivity (Wildman–Crippen MR) is 87.5 cm³/mol. The Balaban J connectivity index is 1.91. The van der Waals surface area contributed by atoms with Gasteiger partial charge in [0.05, 0.1) is 17.6 Å². The zero-order valence-corrected chi connectivity index (χ0v) is 13.4. The first-order valence-corrected chi connectivity index (χ1v) is 8.47. The van der Waals surface area contributed by atoms with E-state index in [2.05, 4.69) is 45.5 Å². The molecule has 2 N–H and O–H groups in total. The van der Waals surface area contributed by atoms with E-state index in [1.165, 1.54) is 18.4 Å². The fourth-order valence-corrected chi connectivity index (χ4v) is 3.13. The van der Waals surface area contributed by atoms with Crippen LogP contribution in [0.2, 0.25) is 0 Å². The van der Waals surface area contributed by atoms with E-state index in [9.17, 15) is 0 Å². The number of hydrogen-bond donors (Lipinski definition) is 1. The lowest BCUT2D eigenvalue weighted by Crippen LogP contribution is -2.27. The first-order chi connectivity index (χ1) is 10.2. The van der Waals surface area contributed by atoms with Crippen molar-refractivity contribution in [2.45, 2.75) is 51.7 Å². The summed E-state index contributed by atoms with van der Waals surface area (Å²) in [5.41, 5.74) is 9.36. The summed E-state index contributed by atoms with van der Waals surface area (Å²) in [6.07, 6.45) is 4.47. The highest BCUT2D eigenvalue weighted by Gasteiger charge is 2.31. The van der Waals surface area contributed by atoms with Gasteiger partial charge in [0.25, 0.3) is 0 Å². The van der Waals surface area contributed by atoms with Crippen LogP contribution >= 0.6 is 11.3 Å². The van der Waals surface area contributed by atoms with Crippen LogP contribution in [0.25, 0.3) is 0 Å². The van der Waals surface area contributed by atoms with Gasteiger partial charge in [0, 0.05) is 25.0 Å². The van der Waals surface area contributed by atoms with E-state index >= 15 is 0 Å². The van der Waals surface area contributed by atoms with E-state index in [1.54, 1.807) is 11.3 Å². The molecule has 1 fully saturated rings. The van der Waals surface area contributed by atoms with Gasteiger partial charge in [-0.3, -0.25) is 0 Å². The summed E-state index contributed by atoms with van der Waals surface area (Å²) in [5.74, 6) is 1.21. The number of nitrogens with zero attached hydrogens (tertiary/aromatic N) is 3. The lowest BCUT2D eigenvalue weighted by Gasteiger charge is -2.26. The Labute approximate surface area is 130 Å². The SMILES string of the molecule is CC(C)c1ncc(N(Cc2ccsc2)C2CC2)c(CN)n1. The molecule has 112 valence electrons. The molecular formula is C16H22N4S. The first-order valence-electron chi connectivity index (χ1n) is 7.52. The number of aromatic nitrogens is 2. The lowest BCUT2D eigenvalue weighted by atomic mass is 10.2. The maximum Gasteiger partial charge on any atom is 0.131 e. The summed E-state index contributed by atoms with van der Waals surface area (Å²) < 4.78 is 0. The van der Waals surface area contributed by atoms with Crippen molar-refractivity contribution in [3.63, 3.8) is 0 Å². The fourth-order valence-electron chi connectivity index (χ4n) is 2.47. The van der Waals surface area contributed by atoms with E-state index in [0.29, 0.717) is 18.5 Å². The second kappa shape index (κ2) is 6.12. The van der Waals surface area contributed by atoms with Crippen molar-refractivity contribution in [2.75, 3.05) is 4.90 Å². The minimum absolute atomic E-state index is 0.329. The molecule has 0 atom stereocenters. The average molecular weight is 302 g/mol. The number of nitrogens with two attached hydrogens (primary N) is 1. The van der Waals surface area contributed by atoms with Crippen molar-refractivity contribution in [3.8, 4) is 0 Å². The van der Waals surface area contributed by atoms with Crippen LogP contribution in [-0.4, -0.2) is 16.0 Å². The third-order valence-electron chi connectivity index (χ3n) is 3.80. The molecule has 0 unspecified atom stereocenters. The van der Waals surface area contributed by atoms with Crippen molar-refractivity contribution < 1.29 is 0 Å². The quantitative estimate of drug-likeness (QED) is 0.889. The molecule has 0 radical (unpaired) electrons. The van der Waals surface area contributed by atoms with Gasteiger partial charge in [-0.2, -0.15) is 11.3 Å². The van der Waals surface area contributed by atoms with Crippen LogP contribution in [0, 0.1) is 0 Å². The van der Waals surface area contributed by atoms with Crippen LogP contribution in [0.15, 0.2) is 23.0 Å². The Hall–Kier alpha value is -1.46. The number of anilines is 1. The molecule has 0 saturated heterocycles. The molecule has 0 bridgehead atoms. The maximum absolute atomic E-state index is 5.94. The second-order valence-corrected chi connectivity index (χ2v) is 6.69. The molecule has 1 aliphatic carbocycles. The largest absolute Gasteiger partial charge is 0.361 e. The first kappa shape index (κ1) is 14.5. The zero-order chi connectivity index (χ0) is 14.8. The van der Waals surface area contributed by atoms with Crippen LogP contribution in [0.4, 0.5) is 5.69 Å². The zero-order valence-electron chi connectivity index (χ0n) is 12.6. The monoisotopic (exact) mass is 302 g/mol. The maximum atomic E-state index is 5.94. The summed E-state index contributed by atoms with van der Waals surface area (Å²) in [5, 5.41) is 4.34. The molecule has 1 saturated carbocycles. The molecule has 0 aliphatic heterocycles. The Bertz CT molecular complexity index is 590. The molecule has 2 aromatic heterocycles. The van der Waals surface area contributed by atoms with E-state index in [4.69, 9.17) is 5.73 Å². The van der Waals surface area contributed by atoms with Gasteiger partial charge >= 0.3 is 0 Å². The van der Waals surface area contributed by atoms with Gasteiger partial charge in [-0.15, -0.1) is 0 Å². The molecule has 3 rings (SSSR count). The molecule has 1 aliphatic rings. The van der Waals surface area contributed by atoms with Crippen molar-refractivity contribution in [2.24, 2.45) is 5.73 Å². The number of hydrogen-bond acceptors (Lipinski definition) is 5. The smallest absolute Gasteiger partial charge is 0.131 e. The van der Waals surface area contributed by atoms with Crippen LogP contribution < -0.4 is 10.6 Å². The van der Waals surface area contributed by atoms with Crippen molar-refractivity contribution in [1.82, 2.24) is 9.97 Å². The highest BCUT2D eigenvalue weighted by atomic mass is 32.1. The topological polar surface area (TPSA) is 55.0 Å². The Morgan fingerprint density at radius 1 is 1.43 bits per heavy atom. The van der Waals surface area contributed by atoms with Gasteiger partial charge in [-0.1, -0.05) is 13.8 Å². The third kappa shape index (κ3) is 3.24. The van der Waals surface area contributed by atoms with E-state index in [1.807, 2.05) is 6.20 Å². The van der Waals surface area contributed by atoms with Crippen molar-refractivity contribution >= 4 is 17.0 Å². The summed E-state index contributed by atoms with van der Waals surface area (Å²) in [4.78, 5) is 11.6. The van der Waals surface area contributed by atoms with Crippen LogP contribution in [-0.2, 0) is 13.1 Å². The molecule has 2 aromatic rings. The Morgan fingerprint density at radius 2 is 2.24 bits per heavy atom. The van der Waals surface area contributed by atoms with Gasteiger partial charge < -0.3 is 10.6 Å². The normalized spacial score (nSPS) is 14.7. The van der Waals surface area contributed by atoms with Crippen molar-refractivity contribution in [3.05, 3.63) is 40.1 Å². The van der Waals surface area contributed by atoms with Gasteiger partial charge in [0.15, 0.2) is 0 Å². The molecule has 4 nitrogen and oxygen atoms in total. The van der Waals surface area contributed by atoms with Gasteiger partial charge in [-0.25, -0.2) is 9.97 Å². The number of thiophene rings is 1. The highest BCUT2D eigenvalue weighted by molar-refractivity contribution is 7.07. The third-order valence-corrected chi connectivity index (χ3v) is 4.54.